The van der Waals surface area contributed by atoms with E-state index in [4.69, 9.17) is 17.0 Å². The van der Waals surface area contributed by atoms with Crippen LogP contribution in [-0.4, -0.2) is 24.0 Å². The summed E-state index contributed by atoms with van der Waals surface area (Å²) in [4.78, 5) is 0. The van der Waals surface area contributed by atoms with Crippen LogP contribution >= 0.6 is 24.0 Å². The van der Waals surface area contributed by atoms with E-state index in [1.165, 1.54) is 11.1 Å². The maximum atomic E-state index is 5.45. The topological polar surface area (TPSA) is 33.3 Å². The molecule has 3 nitrogen and oxygen atoms in total. The Morgan fingerprint density at radius 2 is 1.88 bits per heavy atom. The van der Waals surface area contributed by atoms with Gasteiger partial charge in [-0.1, -0.05) is 42.5 Å². The molecule has 0 aromatic heterocycles. The number of rotatable bonds is 9. The summed E-state index contributed by atoms with van der Waals surface area (Å²) < 4.78 is 5.45. The van der Waals surface area contributed by atoms with Crippen LogP contribution < -0.4 is 15.4 Å². The fourth-order valence-electron chi connectivity index (χ4n) is 2.08. The molecule has 5 heteroatoms. The van der Waals surface area contributed by atoms with Crippen LogP contribution in [0.2, 0.25) is 0 Å². The van der Waals surface area contributed by atoms with Gasteiger partial charge < -0.3 is 15.4 Å². The van der Waals surface area contributed by atoms with Gasteiger partial charge in [-0.2, -0.15) is 11.8 Å². The fraction of sp³-hybridized carbons (Fsp3) is 0.250. The van der Waals surface area contributed by atoms with Crippen molar-refractivity contribution < 1.29 is 4.74 Å². The van der Waals surface area contributed by atoms with Crippen LogP contribution in [0.5, 0.6) is 5.75 Å². The quantitative estimate of drug-likeness (QED) is 0.376. The van der Waals surface area contributed by atoms with Gasteiger partial charge in [-0.05, 0) is 49.0 Å². The molecule has 0 aliphatic heterocycles. The van der Waals surface area contributed by atoms with E-state index in [1.807, 2.05) is 36.0 Å². The molecule has 0 saturated carbocycles. The van der Waals surface area contributed by atoms with Gasteiger partial charge in [0.2, 0.25) is 0 Å². The van der Waals surface area contributed by atoms with E-state index >= 15 is 0 Å². The largest absolute Gasteiger partial charge is 0.490 e. The Balaban J connectivity index is 1.61. The number of thioether (sulfide) groups is 1. The predicted octanol–water partition coefficient (Wildman–Crippen LogP) is 4.78. The average Bonchev–Trinajstić information content (AvgIpc) is 2.62. The Morgan fingerprint density at radius 1 is 1.16 bits per heavy atom. The molecule has 0 heterocycles. The van der Waals surface area contributed by atoms with Gasteiger partial charge in [0.05, 0.1) is 0 Å². The van der Waals surface area contributed by atoms with Gasteiger partial charge >= 0.3 is 0 Å². The van der Waals surface area contributed by atoms with Crippen molar-refractivity contribution in [3.63, 3.8) is 0 Å². The lowest BCUT2D eigenvalue weighted by Gasteiger charge is -2.11. The van der Waals surface area contributed by atoms with E-state index in [0.717, 1.165) is 29.5 Å². The summed E-state index contributed by atoms with van der Waals surface area (Å²) in [5.74, 6) is 2.84. The fourth-order valence-corrected chi connectivity index (χ4v) is 3.11. The van der Waals surface area contributed by atoms with Gasteiger partial charge in [0, 0.05) is 23.7 Å². The maximum Gasteiger partial charge on any atom is 0.170 e. The van der Waals surface area contributed by atoms with E-state index in [1.54, 1.807) is 6.08 Å². The molecule has 0 bridgehead atoms. The van der Waals surface area contributed by atoms with Gasteiger partial charge in [-0.3, -0.25) is 0 Å². The summed E-state index contributed by atoms with van der Waals surface area (Å²) >= 11 is 7.22. The van der Waals surface area contributed by atoms with Crippen molar-refractivity contribution in [3.8, 4) is 5.75 Å². The minimum absolute atomic E-state index is 0.507. The third kappa shape index (κ3) is 7.63. The first-order chi connectivity index (χ1) is 12.2. The van der Waals surface area contributed by atoms with Crippen LogP contribution in [0.4, 0.5) is 5.69 Å². The highest BCUT2D eigenvalue weighted by Gasteiger charge is 1.99. The van der Waals surface area contributed by atoms with E-state index < -0.39 is 0 Å². The number of aryl methyl sites for hydroxylation is 1. The van der Waals surface area contributed by atoms with Gasteiger partial charge in [-0.25, -0.2) is 0 Å². The number of hydrogen-bond donors (Lipinski definition) is 2. The lowest BCUT2D eigenvalue weighted by Crippen LogP contribution is -2.30. The van der Waals surface area contributed by atoms with Crippen molar-refractivity contribution in [1.82, 2.24) is 5.32 Å². The zero-order valence-corrected chi connectivity index (χ0v) is 16.1. The van der Waals surface area contributed by atoms with Crippen molar-refractivity contribution in [1.29, 1.82) is 0 Å². The van der Waals surface area contributed by atoms with E-state index in [9.17, 15) is 0 Å². The number of benzene rings is 2. The zero-order chi connectivity index (χ0) is 17.9. The molecule has 0 unspecified atom stereocenters. The number of thiocarbonyl (C=S) groups is 1. The average molecular weight is 373 g/mol. The molecule has 2 aromatic rings. The Kier molecular flexibility index (Phi) is 8.35. The van der Waals surface area contributed by atoms with Gasteiger partial charge in [0.15, 0.2) is 5.11 Å². The lowest BCUT2D eigenvalue weighted by atomic mass is 10.2. The molecule has 0 aliphatic carbocycles. The summed E-state index contributed by atoms with van der Waals surface area (Å²) in [6.45, 7) is 7.08. The van der Waals surface area contributed by atoms with Crippen LogP contribution in [0.25, 0.3) is 0 Å². The Labute approximate surface area is 159 Å². The first-order valence-electron chi connectivity index (χ1n) is 8.19. The normalized spacial score (nSPS) is 10.1. The van der Waals surface area contributed by atoms with Crippen molar-refractivity contribution >= 4 is 34.8 Å². The third-order valence-electron chi connectivity index (χ3n) is 3.40. The molecule has 0 spiro atoms. The van der Waals surface area contributed by atoms with E-state index in [-0.39, 0.29) is 0 Å². The molecule has 0 aliphatic rings. The summed E-state index contributed by atoms with van der Waals surface area (Å²) in [5.41, 5.74) is 3.60. The van der Waals surface area contributed by atoms with Crippen LogP contribution in [0.1, 0.15) is 11.1 Å². The van der Waals surface area contributed by atoms with Crippen molar-refractivity contribution in [2.24, 2.45) is 0 Å². The second-order valence-corrected chi connectivity index (χ2v) is 7.06. The molecular weight excluding hydrogens is 348 g/mol. The highest BCUT2D eigenvalue weighted by Crippen LogP contribution is 2.16. The molecule has 0 atom stereocenters. The molecule has 0 amide bonds. The lowest BCUT2D eigenvalue weighted by molar-refractivity contribution is 0.363. The molecule has 0 fully saturated rings. The van der Waals surface area contributed by atoms with Crippen LogP contribution in [0, 0.1) is 6.92 Å². The van der Waals surface area contributed by atoms with E-state index in [2.05, 4.69) is 48.4 Å². The molecule has 0 radical (unpaired) electrons. The van der Waals surface area contributed by atoms with Crippen molar-refractivity contribution in [2.75, 3.05) is 24.2 Å². The first-order valence-corrected chi connectivity index (χ1v) is 9.75. The number of anilines is 1. The first kappa shape index (κ1) is 19.3. The zero-order valence-electron chi connectivity index (χ0n) is 14.5. The smallest absolute Gasteiger partial charge is 0.170 e. The molecule has 2 aromatic carbocycles. The van der Waals surface area contributed by atoms with Crippen molar-refractivity contribution in [3.05, 3.63) is 72.3 Å². The molecule has 2 N–H and O–H groups in total. The Hall–Kier alpha value is -1.98. The Bertz CT molecular complexity index is 669. The number of hydrogen-bond acceptors (Lipinski definition) is 3. The minimum atomic E-state index is 0.507. The van der Waals surface area contributed by atoms with Crippen molar-refractivity contribution in [2.45, 2.75) is 12.7 Å². The Morgan fingerprint density at radius 3 is 2.56 bits per heavy atom. The van der Waals surface area contributed by atoms with Gasteiger partial charge in [0.1, 0.15) is 12.4 Å². The number of nitrogens with one attached hydrogen (secondary N) is 2. The highest BCUT2D eigenvalue weighted by atomic mass is 32.2. The van der Waals surface area contributed by atoms with Crippen LogP contribution in [0.3, 0.4) is 0 Å². The molecular formula is C20H24N2OS2. The van der Waals surface area contributed by atoms with Gasteiger partial charge in [-0.15, -0.1) is 0 Å². The summed E-state index contributed by atoms with van der Waals surface area (Å²) in [7, 11) is 0. The monoisotopic (exact) mass is 372 g/mol. The SMILES string of the molecule is C=CCOc1ccc(NC(=S)NCCSCc2ccc(C)cc2)cc1. The second kappa shape index (κ2) is 10.8. The van der Waals surface area contributed by atoms with Crippen LogP contribution in [0.15, 0.2) is 61.2 Å². The van der Waals surface area contributed by atoms with Crippen LogP contribution in [-0.2, 0) is 5.75 Å². The predicted molar refractivity (Wildman–Crippen MR) is 114 cm³/mol. The summed E-state index contributed by atoms with van der Waals surface area (Å²) in [6, 6.07) is 16.4. The summed E-state index contributed by atoms with van der Waals surface area (Å²) in [6.07, 6.45) is 1.72. The number of ether oxygens (including phenoxy) is 1. The maximum absolute atomic E-state index is 5.45. The standard InChI is InChI=1S/C20H24N2OS2/c1-3-13-23-19-10-8-18(9-11-19)22-20(24)21-12-14-25-15-17-6-4-16(2)5-7-17/h3-11H,1,12-15H2,2H3,(H2,21,22,24). The molecule has 132 valence electrons. The minimum Gasteiger partial charge on any atom is -0.490 e. The van der Waals surface area contributed by atoms with E-state index in [0.29, 0.717) is 11.7 Å². The molecule has 0 saturated heterocycles. The third-order valence-corrected chi connectivity index (χ3v) is 4.68. The summed E-state index contributed by atoms with van der Waals surface area (Å²) in [5, 5.41) is 7.04. The molecule has 2 rings (SSSR count). The second-order valence-electron chi connectivity index (χ2n) is 5.54. The highest BCUT2D eigenvalue weighted by molar-refractivity contribution is 7.98. The molecule has 25 heavy (non-hydrogen) atoms. The van der Waals surface area contributed by atoms with Gasteiger partial charge in [0.25, 0.3) is 0 Å².